The third kappa shape index (κ3) is 3.90. The monoisotopic (exact) mass is 354 g/mol. The minimum atomic E-state index is -3.72. The predicted octanol–water partition coefficient (Wildman–Crippen LogP) is 1.77. The van der Waals surface area contributed by atoms with E-state index in [1.54, 1.807) is 12.1 Å². The SMILES string of the molecule is O=S(=O)(Nc1cnc(N2CCOCC2)nc1)c1cccc(Cl)c1. The summed E-state index contributed by atoms with van der Waals surface area (Å²) in [5.41, 5.74) is 0.294. The molecule has 0 aliphatic carbocycles. The fraction of sp³-hybridized carbons (Fsp3) is 0.286. The lowest BCUT2D eigenvalue weighted by Crippen LogP contribution is -2.37. The molecule has 0 atom stereocenters. The van der Waals surface area contributed by atoms with Crippen molar-refractivity contribution in [2.75, 3.05) is 35.9 Å². The average molecular weight is 355 g/mol. The number of anilines is 2. The number of halogens is 1. The molecule has 1 aromatic carbocycles. The van der Waals surface area contributed by atoms with Gasteiger partial charge in [0.2, 0.25) is 5.95 Å². The van der Waals surface area contributed by atoms with Crippen LogP contribution in [0.1, 0.15) is 0 Å². The first-order valence-electron chi connectivity index (χ1n) is 6.98. The maximum atomic E-state index is 12.3. The van der Waals surface area contributed by atoms with E-state index in [0.717, 1.165) is 0 Å². The molecule has 1 aromatic heterocycles. The normalized spacial score (nSPS) is 15.4. The Morgan fingerprint density at radius 2 is 1.87 bits per heavy atom. The van der Waals surface area contributed by atoms with Crippen molar-refractivity contribution in [2.24, 2.45) is 0 Å². The van der Waals surface area contributed by atoms with E-state index in [9.17, 15) is 8.42 Å². The molecule has 3 rings (SSSR count). The zero-order chi connectivity index (χ0) is 16.3. The Morgan fingerprint density at radius 3 is 2.52 bits per heavy atom. The van der Waals surface area contributed by atoms with Gasteiger partial charge in [0.15, 0.2) is 0 Å². The summed E-state index contributed by atoms with van der Waals surface area (Å²) in [5.74, 6) is 0.555. The van der Waals surface area contributed by atoms with Gasteiger partial charge >= 0.3 is 0 Å². The van der Waals surface area contributed by atoms with Crippen LogP contribution in [0, 0.1) is 0 Å². The van der Waals surface area contributed by atoms with Crippen LogP contribution in [0.25, 0.3) is 0 Å². The smallest absolute Gasteiger partial charge is 0.262 e. The number of aromatic nitrogens is 2. The fourth-order valence-corrected chi connectivity index (χ4v) is 3.48. The van der Waals surface area contributed by atoms with Crippen LogP contribution in [0.5, 0.6) is 0 Å². The molecule has 2 aromatic rings. The van der Waals surface area contributed by atoms with Crippen molar-refractivity contribution < 1.29 is 13.2 Å². The van der Waals surface area contributed by atoms with E-state index in [1.165, 1.54) is 24.5 Å². The second kappa shape index (κ2) is 6.69. The standard InChI is InChI=1S/C14H15ClN4O3S/c15-11-2-1-3-13(8-11)23(20,21)18-12-9-16-14(17-10-12)19-4-6-22-7-5-19/h1-3,8-10,18H,4-7H2. The first-order valence-corrected chi connectivity index (χ1v) is 8.84. The van der Waals surface area contributed by atoms with Crippen LogP contribution in [-0.2, 0) is 14.8 Å². The highest BCUT2D eigenvalue weighted by molar-refractivity contribution is 7.92. The molecule has 0 amide bonds. The van der Waals surface area contributed by atoms with E-state index in [0.29, 0.717) is 43.0 Å². The summed E-state index contributed by atoms with van der Waals surface area (Å²) in [6.45, 7) is 2.69. The quantitative estimate of drug-likeness (QED) is 0.900. The van der Waals surface area contributed by atoms with Gasteiger partial charge in [0.25, 0.3) is 10.0 Å². The number of morpholine rings is 1. The molecule has 2 heterocycles. The van der Waals surface area contributed by atoms with Crippen molar-refractivity contribution in [2.45, 2.75) is 4.90 Å². The minimum absolute atomic E-state index is 0.0854. The number of nitrogens with one attached hydrogen (secondary N) is 1. The van der Waals surface area contributed by atoms with Gasteiger partial charge in [-0.05, 0) is 18.2 Å². The molecule has 7 nitrogen and oxygen atoms in total. The molecular weight excluding hydrogens is 340 g/mol. The zero-order valence-electron chi connectivity index (χ0n) is 12.1. The van der Waals surface area contributed by atoms with Crippen LogP contribution < -0.4 is 9.62 Å². The van der Waals surface area contributed by atoms with Crippen molar-refractivity contribution in [3.8, 4) is 0 Å². The van der Waals surface area contributed by atoms with Gasteiger partial charge in [-0.1, -0.05) is 17.7 Å². The van der Waals surface area contributed by atoms with E-state index < -0.39 is 10.0 Å². The summed E-state index contributed by atoms with van der Waals surface area (Å²) in [7, 11) is -3.72. The second-order valence-corrected chi connectivity index (χ2v) is 7.05. The van der Waals surface area contributed by atoms with Crippen LogP contribution >= 0.6 is 11.6 Å². The molecule has 1 N–H and O–H groups in total. The van der Waals surface area contributed by atoms with Crippen LogP contribution in [0.3, 0.4) is 0 Å². The van der Waals surface area contributed by atoms with E-state index in [-0.39, 0.29) is 4.90 Å². The first-order chi connectivity index (χ1) is 11.0. The van der Waals surface area contributed by atoms with Crippen molar-refractivity contribution in [1.82, 2.24) is 9.97 Å². The number of sulfonamides is 1. The van der Waals surface area contributed by atoms with Crippen molar-refractivity contribution in [3.05, 3.63) is 41.7 Å². The molecule has 122 valence electrons. The van der Waals surface area contributed by atoms with E-state index >= 15 is 0 Å². The van der Waals surface area contributed by atoms with E-state index in [4.69, 9.17) is 16.3 Å². The Balaban J connectivity index is 1.75. The van der Waals surface area contributed by atoms with Crippen molar-refractivity contribution in [1.29, 1.82) is 0 Å². The maximum absolute atomic E-state index is 12.3. The lowest BCUT2D eigenvalue weighted by Gasteiger charge is -2.26. The Hall–Kier alpha value is -1.90. The molecule has 1 aliphatic rings. The Kier molecular flexibility index (Phi) is 4.65. The topological polar surface area (TPSA) is 84.4 Å². The van der Waals surface area contributed by atoms with Crippen LogP contribution in [0.15, 0.2) is 41.6 Å². The molecule has 0 unspecified atom stereocenters. The van der Waals surface area contributed by atoms with Gasteiger partial charge < -0.3 is 9.64 Å². The largest absolute Gasteiger partial charge is 0.378 e. The second-order valence-electron chi connectivity index (χ2n) is 4.93. The van der Waals surface area contributed by atoms with E-state index in [2.05, 4.69) is 14.7 Å². The number of hydrogen-bond donors (Lipinski definition) is 1. The van der Waals surface area contributed by atoms with Gasteiger partial charge in [-0.25, -0.2) is 18.4 Å². The molecule has 0 bridgehead atoms. The van der Waals surface area contributed by atoms with E-state index in [1.807, 2.05) is 4.90 Å². The van der Waals surface area contributed by atoms with Gasteiger partial charge in [-0.2, -0.15) is 0 Å². The number of nitrogens with zero attached hydrogens (tertiary/aromatic N) is 3. The molecule has 0 spiro atoms. The summed E-state index contributed by atoms with van der Waals surface area (Å²) < 4.78 is 32.3. The number of ether oxygens (including phenoxy) is 1. The van der Waals surface area contributed by atoms with Gasteiger partial charge in [-0.3, -0.25) is 4.72 Å². The van der Waals surface area contributed by atoms with Crippen molar-refractivity contribution in [3.63, 3.8) is 0 Å². The molecule has 9 heteroatoms. The highest BCUT2D eigenvalue weighted by atomic mass is 35.5. The molecular formula is C14H15ClN4O3S. The zero-order valence-corrected chi connectivity index (χ0v) is 13.7. The molecule has 0 saturated carbocycles. The van der Waals surface area contributed by atoms with Gasteiger partial charge in [0, 0.05) is 18.1 Å². The van der Waals surface area contributed by atoms with Gasteiger partial charge in [0.1, 0.15) is 0 Å². The van der Waals surface area contributed by atoms with Crippen LogP contribution in [-0.4, -0.2) is 44.7 Å². The number of hydrogen-bond acceptors (Lipinski definition) is 6. The summed E-state index contributed by atoms with van der Waals surface area (Å²) in [6.07, 6.45) is 2.89. The Bertz CT molecular complexity index is 777. The Labute approximate surface area is 139 Å². The van der Waals surface area contributed by atoms with Crippen molar-refractivity contribution >= 4 is 33.3 Å². The number of benzene rings is 1. The minimum Gasteiger partial charge on any atom is -0.378 e. The lowest BCUT2D eigenvalue weighted by molar-refractivity contribution is 0.122. The molecule has 0 radical (unpaired) electrons. The van der Waals surface area contributed by atoms with Crippen LogP contribution in [0.2, 0.25) is 5.02 Å². The third-order valence-electron chi connectivity index (χ3n) is 3.29. The molecule has 1 saturated heterocycles. The first kappa shape index (κ1) is 16.0. The number of rotatable bonds is 4. The molecule has 23 heavy (non-hydrogen) atoms. The van der Waals surface area contributed by atoms with Gasteiger partial charge in [-0.15, -0.1) is 0 Å². The summed E-state index contributed by atoms with van der Waals surface area (Å²) in [6, 6.07) is 6.04. The van der Waals surface area contributed by atoms with Gasteiger partial charge in [0.05, 0.1) is 36.2 Å². The average Bonchev–Trinajstić information content (AvgIpc) is 2.56. The highest BCUT2D eigenvalue weighted by Crippen LogP contribution is 2.19. The lowest BCUT2D eigenvalue weighted by atomic mass is 10.4. The summed E-state index contributed by atoms with van der Waals surface area (Å²) in [4.78, 5) is 10.5. The molecule has 1 fully saturated rings. The summed E-state index contributed by atoms with van der Waals surface area (Å²) in [5, 5.41) is 0.354. The fourth-order valence-electron chi connectivity index (χ4n) is 2.15. The molecule has 1 aliphatic heterocycles. The van der Waals surface area contributed by atoms with Crippen LogP contribution in [0.4, 0.5) is 11.6 Å². The highest BCUT2D eigenvalue weighted by Gasteiger charge is 2.17. The summed E-state index contributed by atoms with van der Waals surface area (Å²) >= 11 is 5.83. The maximum Gasteiger partial charge on any atom is 0.262 e. The predicted molar refractivity (Wildman–Crippen MR) is 87.3 cm³/mol. The third-order valence-corrected chi connectivity index (χ3v) is 4.90. The Morgan fingerprint density at radius 1 is 1.17 bits per heavy atom.